The first kappa shape index (κ1) is 48.6. The average molecular weight is 1100 g/mol. The molecule has 1 aliphatic rings. The first-order chi connectivity index (χ1) is 32.7. The summed E-state index contributed by atoms with van der Waals surface area (Å²) in [7, 11) is 0. The fourth-order valence-electron chi connectivity index (χ4n) is 9.48. The van der Waals surface area contributed by atoms with Crippen LogP contribution in [0.3, 0.4) is 0 Å². The Kier molecular flexibility index (Phi) is 12.5. The molecule has 358 valence electrons. The van der Waals surface area contributed by atoms with E-state index in [0.29, 0.717) is 11.5 Å². The van der Waals surface area contributed by atoms with E-state index >= 15 is 0 Å². The van der Waals surface area contributed by atoms with Crippen LogP contribution in [-0.2, 0) is 42.7 Å². The van der Waals surface area contributed by atoms with Crippen LogP contribution in [0.25, 0.3) is 49.9 Å². The summed E-state index contributed by atoms with van der Waals surface area (Å²) in [5.74, 6) is 2.03. The topological polar surface area (TPSA) is 33.5 Å². The summed E-state index contributed by atoms with van der Waals surface area (Å²) in [4.78, 5) is 9.61. The van der Waals surface area contributed by atoms with E-state index in [1.165, 1.54) is 38.9 Å². The van der Waals surface area contributed by atoms with Gasteiger partial charge >= 0.3 is 0 Å². The molecule has 0 amide bonds. The van der Waals surface area contributed by atoms with Gasteiger partial charge in [-0.25, -0.2) is 4.98 Å². The second-order valence-electron chi connectivity index (χ2n) is 22.8. The van der Waals surface area contributed by atoms with Crippen LogP contribution in [-0.4, -0.2) is 9.55 Å². The first-order valence-corrected chi connectivity index (χ1v) is 24.3. The van der Waals surface area contributed by atoms with Crippen molar-refractivity contribution in [2.24, 2.45) is 0 Å². The standard InChI is InChI=1S/C64H63N4O.Pt/c1-61(2,3)43-28-31-55-58(37-43)66(41-67(55)48-35-45(63(7,8)9)34-46(36-48)64(10,11)12)47-22-18-23-49(39-47)69-50-29-30-54-57(40-50)68(59-38-44(32-33-65-59)62(4,5)6)56-27-19-26-53(60(54)56)52-25-17-16-24-51(52)42-20-14-13-15-21-42;/h13-38,41H,1-12H3;/q-3;. The van der Waals surface area contributed by atoms with Gasteiger partial charge in [0.2, 0.25) is 0 Å². The van der Waals surface area contributed by atoms with Crippen LogP contribution in [0.1, 0.15) is 105 Å². The van der Waals surface area contributed by atoms with Crippen LogP contribution in [0.15, 0.2) is 158 Å². The minimum atomic E-state index is -0.0699. The molecule has 0 radical (unpaired) electrons. The molecule has 0 N–H and O–H groups in total. The van der Waals surface area contributed by atoms with Crippen LogP contribution >= 0.6 is 0 Å². The maximum absolute atomic E-state index is 6.83. The molecule has 3 heterocycles. The van der Waals surface area contributed by atoms with E-state index in [2.05, 4.69) is 256 Å². The Hall–Kier alpha value is -6.42. The fourth-order valence-corrected chi connectivity index (χ4v) is 9.48. The molecule has 6 heteroatoms. The number of ether oxygens (including phenoxy) is 1. The molecule has 0 aliphatic carbocycles. The summed E-state index contributed by atoms with van der Waals surface area (Å²) in [6, 6.07) is 62.0. The summed E-state index contributed by atoms with van der Waals surface area (Å²) in [6.45, 7) is 29.5. The van der Waals surface area contributed by atoms with Gasteiger partial charge in [-0.3, -0.25) is 0 Å². The zero-order valence-electron chi connectivity index (χ0n) is 42.6. The minimum absolute atomic E-state index is 0. The number of pyridine rings is 1. The van der Waals surface area contributed by atoms with E-state index in [1.54, 1.807) is 0 Å². The third-order valence-corrected chi connectivity index (χ3v) is 13.6. The third kappa shape index (κ3) is 9.22. The van der Waals surface area contributed by atoms with Gasteiger partial charge in [0, 0.05) is 61.3 Å². The maximum atomic E-state index is 6.83. The molecular formula is C64H63N4OPt-3. The first-order valence-electron chi connectivity index (χ1n) is 24.3. The molecular weight excluding hydrogens is 1040 g/mol. The molecule has 5 nitrogen and oxygen atoms in total. The quantitative estimate of drug-likeness (QED) is 0.149. The Bertz CT molecular complexity index is 3360. The molecule has 10 rings (SSSR count). The minimum Gasteiger partial charge on any atom is -0.509 e. The van der Waals surface area contributed by atoms with Gasteiger partial charge < -0.3 is 19.1 Å². The Morgan fingerprint density at radius 1 is 0.486 bits per heavy atom. The van der Waals surface area contributed by atoms with Gasteiger partial charge in [0.25, 0.3) is 0 Å². The molecule has 0 atom stereocenters. The Morgan fingerprint density at radius 2 is 1.10 bits per heavy atom. The van der Waals surface area contributed by atoms with E-state index in [-0.39, 0.29) is 42.7 Å². The fraction of sp³-hybridized carbons (Fsp3) is 0.250. The Balaban J connectivity index is 0.00000608. The van der Waals surface area contributed by atoms with E-state index in [1.807, 2.05) is 18.3 Å². The van der Waals surface area contributed by atoms with E-state index in [0.717, 1.165) is 55.9 Å². The molecule has 0 bridgehead atoms. The maximum Gasteiger partial charge on any atom is 0.135 e. The van der Waals surface area contributed by atoms with Crippen molar-refractivity contribution in [3.63, 3.8) is 0 Å². The summed E-state index contributed by atoms with van der Waals surface area (Å²) in [6.07, 6.45) is 1.92. The summed E-state index contributed by atoms with van der Waals surface area (Å²) < 4.78 is 9.08. The summed E-state index contributed by atoms with van der Waals surface area (Å²) >= 11 is 0. The van der Waals surface area contributed by atoms with Crippen molar-refractivity contribution in [2.45, 2.75) is 105 Å². The van der Waals surface area contributed by atoms with Crippen LogP contribution in [0.4, 0.5) is 22.7 Å². The van der Waals surface area contributed by atoms with E-state index in [9.17, 15) is 0 Å². The predicted octanol–water partition coefficient (Wildman–Crippen LogP) is 17.5. The number of benzene rings is 7. The molecule has 9 aromatic rings. The SMILES string of the molecule is CC(C)(C)c1cc(N2[CH-]N(c3[c-]c(Oc4[c-]c5c(cc4)c4c(-c6ccccc6-c6ccccc6)cccc4n5-c4cc(C(C)(C)C)ccn4)ccc3)c3cc(C(C)(C)C)ccc32)cc(C(C)(C)C)c1.[Pt]. The van der Waals surface area contributed by atoms with Crippen LogP contribution < -0.4 is 14.5 Å². The molecule has 0 fully saturated rings. The van der Waals surface area contributed by atoms with Crippen molar-refractivity contribution in [3.05, 3.63) is 199 Å². The molecule has 0 spiro atoms. The van der Waals surface area contributed by atoms with Gasteiger partial charge in [0.15, 0.2) is 0 Å². The van der Waals surface area contributed by atoms with Gasteiger partial charge in [0.1, 0.15) is 5.82 Å². The zero-order chi connectivity index (χ0) is 48.6. The largest absolute Gasteiger partial charge is 0.509 e. The monoisotopic (exact) mass is 1100 g/mol. The summed E-state index contributed by atoms with van der Waals surface area (Å²) in [5.41, 5.74) is 15.8. The molecule has 1 aliphatic heterocycles. The van der Waals surface area contributed by atoms with Gasteiger partial charge in [-0.2, -0.15) is 12.1 Å². The van der Waals surface area contributed by atoms with Gasteiger partial charge in [0.05, 0.1) is 0 Å². The number of hydrogen-bond acceptors (Lipinski definition) is 4. The van der Waals surface area contributed by atoms with Crippen molar-refractivity contribution in [2.75, 3.05) is 9.80 Å². The number of fused-ring (bicyclic) bond motifs is 4. The van der Waals surface area contributed by atoms with Crippen LogP contribution in [0.2, 0.25) is 0 Å². The van der Waals surface area contributed by atoms with E-state index in [4.69, 9.17) is 9.72 Å². The van der Waals surface area contributed by atoms with Gasteiger partial charge in [-0.15, -0.1) is 48.1 Å². The van der Waals surface area contributed by atoms with Crippen molar-refractivity contribution in [1.29, 1.82) is 0 Å². The number of aromatic nitrogens is 2. The molecule has 0 unspecified atom stereocenters. The number of nitrogens with zero attached hydrogens (tertiary/aromatic N) is 4. The number of rotatable bonds is 7. The van der Waals surface area contributed by atoms with E-state index < -0.39 is 0 Å². The number of hydrogen-bond donors (Lipinski definition) is 0. The smallest absolute Gasteiger partial charge is 0.135 e. The number of anilines is 4. The molecule has 7 aromatic carbocycles. The second-order valence-corrected chi connectivity index (χ2v) is 22.8. The van der Waals surface area contributed by atoms with Crippen molar-refractivity contribution in [3.8, 4) is 39.6 Å². The molecule has 0 saturated heterocycles. The molecule has 2 aromatic heterocycles. The Labute approximate surface area is 430 Å². The zero-order valence-corrected chi connectivity index (χ0v) is 44.9. The predicted molar refractivity (Wildman–Crippen MR) is 290 cm³/mol. The van der Waals surface area contributed by atoms with Crippen LogP contribution in [0, 0.1) is 18.8 Å². The van der Waals surface area contributed by atoms with Gasteiger partial charge in [-0.05, 0) is 114 Å². The van der Waals surface area contributed by atoms with Crippen molar-refractivity contribution >= 4 is 44.6 Å². The third-order valence-electron chi connectivity index (χ3n) is 13.6. The summed E-state index contributed by atoms with van der Waals surface area (Å²) in [5, 5.41) is 2.21. The van der Waals surface area contributed by atoms with Crippen LogP contribution in [0.5, 0.6) is 11.5 Å². The molecule has 0 saturated carbocycles. The Morgan fingerprint density at radius 3 is 1.79 bits per heavy atom. The molecule has 70 heavy (non-hydrogen) atoms. The average Bonchev–Trinajstić information content (AvgIpc) is 3.87. The van der Waals surface area contributed by atoms with Crippen molar-refractivity contribution in [1.82, 2.24) is 9.55 Å². The normalized spacial score (nSPS) is 13.2. The van der Waals surface area contributed by atoms with Crippen molar-refractivity contribution < 1.29 is 25.8 Å². The second kappa shape index (κ2) is 18.1. The van der Waals surface area contributed by atoms with Gasteiger partial charge in [-0.1, -0.05) is 167 Å².